The van der Waals surface area contributed by atoms with E-state index >= 15 is 0 Å². The lowest BCUT2D eigenvalue weighted by molar-refractivity contribution is 0.0450. The van der Waals surface area contributed by atoms with Crippen molar-refractivity contribution in [3.05, 3.63) is 12.8 Å². The highest BCUT2D eigenvalue weighted by molar-refractivity contribution is 4.82. The maximum absolute atomic E-state index is 5.72. The van der Waals surface area contributed by atoms with Gasteiger partial charge in [0, 0.05) is 19.0 Å². The highest BCUT2D eigenvalue weighted by atomic mass is 16.5. The summed E-state index contributed by atoms with van der Waals surface area (Å²) in [6.07, 6.45) is 7.32. The average Bonchev–Trinajstić information content (AvgIpc) is 2.25. The van der Waals surface area contributed by atoms with Crippen molar-refractivity contribution in [3.63, 3.8) is 0 Å². The third-order valence-corrected chi connectivity index (χ3v) is 1.62. The fourth-order valence-electron chi connectivity index (χ4n) is 0.879. The summed E-state index contributed by atoms with van der Waals surface area (Å²) in [6, 6.07) is -0.0197. The van der Waals surface area contributed by atoms with Gasteiger partial charge in [0.05, 0.1) is 26.4 Å². The molecule has 3 N–H and O–H groups in total. The first-order valence-corrected chi connectivity index (χ1v) is 5.00. The van der Waals surface area contributed by atoms with Crippen molar-refractivity contribution in [1.29, 1.82) is 0 Å². The lowest BCUT2D eigenvalue weighted by Crippen LogP contribution is -2.35. The van der Waals surface area contributed by atoms with Gasteiger partial charge in [-0.3, -0.25) is 0 Å². The highest BCUT2D eigenvalue weighted by Gasteiger charge is 2.00. The fourth-order valence-corrected chi connectivity index (χ4v) is 0.879. The molecule has 0 fully saturated rings. The second-order valence-electron chi connectivity index (χ2n) is 3.01. The van der Waals surface area contributed by atoms with Gasteiger partial charge in [-0.2, -0.15) is 0 Å². The Hall–Kier alpha value is -1.02. The minimum absolute atomic E-state index is 0.0197. The van der Waals surface area contributed by atoms with E-state index in [1.807, 2.05) is 0 Å². The van der Waals surface area contributed by atoms with E-state index in [0.717, 1.165) is 0 Å². The molecule has 4 nitrogen and oxygen atoms in total. The zero-order chi connectivity index (χ0) is 11.4. The summed E-state index contributed by atoms with van der Waals surface area (Å²) < 4.78 is 10.5. The molecule has 0 radical (unpaired) electrons. The van der Waals surface area contributed by atoms with Crippen molar-refractivity contribution in [1.82, 2.24) is 5.32 Å². The van der Waals surface area contributed by atoms with Gasteiger partial charge in [-0.25, -0.2) is 0 Å². The van der Waals surface area contributed by atoms with Crippen LogP contribution in [0.15, 0.2) is 12.8 Å². The van der Waals surface area contributed by atoms with Gasteiger partial charge in [0.2, 0.25) is 0 Å². The molecule has 86 valence electrons. The van der Waals surface area contributed by atoms with Gasteiger partial charge in [0.15, 0.2) is 0 Å². The molecule has 0 rings (SSSR count). The molecule has 0 aromatic carbocycles. The van der Waals surface area contributed by atoms with E-state index < -0.39 is 0 Å². The Labute approximate surface area is 91.8 Å². The van der Waals surface area contributed by atoms with Crippen LogP contribution in [0.25, 0.3) is 0 Å². The molecule has 15 heavy (non-hydrogen) atoms. The Kier molecular flexibility index (Phi) is 10.3. The van der Waals surface area contributed by atoms with Crippen molar-refractivity contribution in [2.75, 3.05) is 33.0 Å². The van der Waals surface area contributed by atoms with Crippen LogP contribution in [0.3, 0.4) is 0 Å². The number of hydrogen-bond acceptors (Lipinski definition) is 4. The molecular weight excluding hydrogens is 192 g/mol. The van der Waals surface area contributed by atoms with Crippen molar-refractivity contribution in [3.8, 4) is 12.3 Å². The maximum Gasteiger partial charge on any atom is 0.0701 e. The zero-order valence-electron chi connectivity index (χ0n) is 9.08. The minimum Gasteiger partial charge on any atom is -0.390 e. The van der Waals surface area contributed by atoms with E-state index in [4.69, 9.17) is 21.6 Å². The van der Waals surface area contributed by atoms with Crippen molar-refractivity contribution in [2.24, 2.45) is 5.73 Å². The number of hydrogen-bond donors (Lipinski definition) is 2. The van der Waals surface area contributed by atoms with Gasteiger partial charge in [-0.05, 0) is 6.20 Å². The van der Waals surface area contributed by atoms with Gasteiger partial charge in [0.1, 0.15) is 0 Å². The highest BCUT2D eigenvalue weighted by Crippen LogP contribution is 1.84. The molecule has 0 saturated heterocycles. The maximum atomic E-state index is 5.72. The predicted molar refractivity (Wildman–Crippen MR) is 61.3 cm³/mol. The van der Waals surface area contributed by atoms with E-state index in [-0.39, 0.29) is 6.04 Å². The average molecular weight is 212 g/mol. The summed E-state index contributed by atoms with van der Waals surface area (Å²) in [5.74, 6) is 2.50. The number of nitrogens with one attached hydrogen (secondary N) is 1. The SMILES string of the molecule is C#CCCOCCOCC(N)CNC=C. The summed E-state index contributed by atoms with van der Waals surface area (Å²) in [5.41, 5.74) is 5.72. The number of nitrogens with two attached hydrogens (primary N) is 1. The molecule has 0 aromatic heterocycles. The van der Waals surface area contributed by atoms with Crippen molar-refractivity contribution >= 4 is 0 Å². The standard InChI is InChI=1S/C11H20N2O2/c1-3-5-6-14-7-8-15-10-11(12)9-13-4-2/h1,4,11,13H,2,5-10,12H2. The third kappa shape index (κ3) is 10.9. The molecule has 1 unspecified atom stereocenters. The van der Waals surface area contributed by atoms with Gasteiger partial charge >= 0.3 is 0 Å². The van der Waals surface area contributed by atoms with Crippen LogP contribution >= 0.6 is 0 Å². The minimum atomic E-state index is -0.0197. The Bertz CT molecular complexity index is 190. The second-order valence-corrected chi connectivity index (χ2v) is 3.01. The molecule has 0 spiro atoms. The topological polar surface area (TPSA) is 56.5 Å². The summed E-state index contributed by atoms with van der Waals surface area (Å²) in [6.45, 7) is 6.40. The summed E-state index contributed by atoms with van der Waals surface area (Å²) in [4.78, 5) is 0. The van der Waals surface area contributed by atoms with Crippen LogP contribution in [-0.2, 0) is 9.47 Å². The first-order chi connectivity index (χ1) is 7.31. The molecule has 4 heteroatoms. The first kappa shape index (κ1) is 14.0. The third-order valence-electron chi connectivity index (χ3n) is 1.62. The number of rotatable bonds is 10. The van der Waals surface area contributed by atoms with Crippen LogP contribution in [0.2, 0.25) is 0 Å². The van der Waals surface area contributed by atoms with E-state index in [1.165, 1.54) is 0 Å². The van der Waals surface area contributed by atoms with E-state index in [9.17, 15) is 0 Å². The molecule has 0 amide bonds. The normalized spacial score (nSPS) is 11.7. The second kappa shape index (κ2) is 11.1. The van der Waals surface area contributed by atoms with Crippen LogP contribution in [0, 0.1) is 12.3 Å². The summed E-state index contributed by atoms with van der Waals surface area (Å²) in [5, 5.41) is 2.92. The molecule has 1 atom stereocenters. The zero-order valence-corrected chi connectivity index (χ0v) is 9.08. The van der Waals surface area contributed by atoms with Gasteiger partial charge in [-0.15, -0.1) is 12.3 Å². The van der Waals surface area contributed by atoms with E-state index in [2.05, 4.69) is 17.8 Å². The Morgan fingerprint density at radius 2 is 2.13 bits per heavy atom. The van der Waals surface area contributed by atoms with Gasteiger partial charge < -0.3 is 20.5 Å². The van der Waals surface area contributed by atoms with E-state index in [0.29, 0.717) is 39.4 Å². The van der Waals surface area contributed by atoms with E-state index in [1.54, 1.807) is 6.20 Å². The lowest BCUT2D eigenvalue weighted by atomic mass is 10.3. The van der Waals surface area contributed by atoms with Crippen LogP contribution in [0.5, 0.6) is 0 Å². The van der Waals surface area contributed by atoms with Crippen LogP contribution < -0.4 is 11.1 Å². The molecule has 0 aliphatic rings. The van der Waals surface area contributed by atoms with Crippen LogP contribution in [-0.4, -0.2) is 39.0 Å². The Balaban J connectivity index is 3.09. The molecule has 0 heterocycles. The number of terminal acetylenes is 1. The fraction of sp³-hybridized carbons (Fsp3) is 0.636. The monoisotopic (exact) mass is 212 g/mol. The molecular formula is C11H20N2O2. The van der Waals surface area contributed by atoms with Crippen LogP contribution in [0.4, 0.5) is 0 Å². The van der Waals surface area contributed by atoms with Gasteiger partial charge in [0.25, 0.3) is 0 Å². The summed E-state index contributed by atoms with van der Waals surface area (Å²) >= 11 is 0. The molecule has 0 aliphatic heterocycles. The largest absolute Gasteiger partial charge is 0.390 e. The Morgan fingerprint density at radius 3 is 2.80 bits per heavy atom. The summed E-state index contributed by atoms with van der Waals surface area (Å²) in [7, 11) is 0. The van der Waals surface area contributed by atoms with Gasteiger partial charge in [-0.1, -0.05) is 6.58 Å². The molecule has 0 aliphatic carbocycles. The van der Waals surface area contributed by atoms with Crippen molar-refractivity contribution in [2.45, 2.75) is 12.5 Å². The Morgan fingerprint density at radius 1 is 1.40 bits per heavy atom. The molecule has 0 bridgehead atoms. The number of ether oxygens (including phenoxy) is 2. The quantitative estimate of drug-likeness (QED) is 0.398. The molecule has 0 aromatic rings. The van der Waals surface area contributed by atoms with Crippen LogP contribution in [0.1, 0.15) is 6.42 Å². The molecule has 0 saturated carbocycles. The smallest absolute Gasteiger partial charge is 0.0701 e. The van der Waals surface area contributed by atoms with Crippen molar-refractivity contribution < 1.29 is 9.47 Å². The lowest BCUT2D eigenvalue weighted by Gasteiger charge is -2.11. The first-order valence-electron chi connectivity index (χ1n) is 5.00. The predicted octanol–water partition coefficient (Wildman–Crippen LogP) is 0.103.